The molecule has 1 amide bonds. The standard InChI is InChI=1S/C22H25N5O5S3/c1-15(33-22-26-25-21(34-22)24-16-6-8-18(31-2)9-7-16)20(28)23-17-4-3-5-19(14-17)35(29,30)27-10-12-32-13-11-27/h3-9,14-15H,10-13H2,1-2H3,(H,23,28)(H,24,25). The first-order chi connectivity index (χ1) is 16.8. The van der Waals surface area contributed by atoms with Crippen molar-refractivity contribution in [2.45, 2.75) is 21.4 Å². The third kappa shape index (κ3) is 6.49. The molecule has 1 saturated heterocycles. The fraction of sp³-hybridized carbons (Fsp3) is 0.318. The Balaban J connectivity index is 1.35. The molecule has 186 valence electrons. The number of nitrogens with zero attached hydrogens (tertiary/aromatic N) is 3. The van der Waals surface area contributed by atoms with Crippen LogP contribution in [0.2, 0.25) is 0 Å². The topological polar surface area (TPSA) is 123 Å². The van der Waals surface area contributed by atoms with Gasteiger partial charge < -0.3 is 20.1 Å². The number of benzene rings is 2. The Morgan fingerprint density at radius 1 is 1.14 bits per heavy atom. The van der Waals surface area contributed by atoms with E-state index in [4.69, 9.17) is 9.47 Å². The zero-order chi connectivity index (χ0) is 24.8. The molecular formula is C22H25N5O5S3. The number of nitrogens with one attached hydrogen (secondary N) is 2. The van der Waals surface area contributed by atoms with E-state index in [9.17, 15) is 13.2 Å². The van der Waals surface area contributed by atoms with E-state index >= 15 is 0 Å². The van der Waals surface area contributed by atoms with Crippen LogP contribution in [0.4, 0.5) is 16.5 Å². The van der Waals surface area contributed by atoms with E-state index in [1.807, 2.05) is 24.3 Å². The van der Waals surface area contributed by atoms with Crippen LogP contribution >= 0.6 is 23.1 Å². The summed E-state index contributed by atoms with van der Waals surface area (Å²) in [6.07, 6.45) is 0. The van der Waals surface area contributed by atoms with E-state index in [2.05, 4.69) is 20.8 Å². The van der Waals surface area contributed by atoms with Gasteiger partial charge in [-0.3, -0.25) is 4.79 Å². The highest BCUT2D eigenvalue weighted by molar-refractivity contribution is 8.02. The zero-order valence-electron chi connectivity index (χ0n) is 19.1. The second-order valence-corrected chi connectivity index (χ2v) is 12.0. The van der Waals surface area contributed by atoms with Gasteiger partial charge in [0.2, 0.25) is 21.1 Å². The van der Waals surface area contributed by atoms with Gasteiger partial charge >= 0.3 is 0 Å². The van der Waals surface area contributed by atoms with Crippen molar-refractivity contribution in [2.75, 3.05) is 44.0 Å². The van der Waals surface area contributed by atoms with Crippen LogP contribution in [0.3, 0.4) is 0 Å². The van der Waals surface area contributed by atoms with E-state index in [-0.39, 0.29) is 10.8 Å². The Morgan fingerprint density at radius 3 is 2.60 bits per heavy atom. The van der Waals surface area contributed by atoms with Crippen molar-refractivity contribution >= 4 is 55.5 Å². The largest absolute Gasteiger partial charge is 0.497 e. The maximum atomic E-state index is 12.9. The molecule has 0 saturated carbocycles. The van der Waals surface area contributed by atoms with Crippen LogP contribution in [-0.4, -0.2) is 67.5 Å². The van der Waals surface area contributed by atoms with E-state index in [0.717, 1.165) is 11.4 Å². The van der Waals surface area contributed by atoms with Gasteiger partial charge in [-0.25, -0.2) is 8.42 Å². The van der Waals surface area contributed by atoms with Crippen LogP contribution in [-0.2, 0) is 19.6 Å². The maximum absolute atomic E-state index is 12.9. The van der Waals surface area contributed by atoms with Gasteiger partial charge in [0.25, 0.3) is 0 Å². The van der Waals surface area contributed by atoms with Crippen molar-refractivity contribution in [1.82, 2.24) is 14.5 Å². The Morgan fingerprint density at radius 2 is 1.89 bits per heavy atom. The zero-order valence-corrected chi connectivity index (χ0v) is 21.6. The second kappa shape index (κ2) is 11.4. The van der Waals surface area contributed by atoms with Crippen molar-refractivity contribution in [3.05, 3.63) is 48.5 Å². The summed E-state index contributed by atoms with van der Waals surface area (Å²) >= 11 is 2.61. The lowest BCUT2D eigenvalue weighted by molar-refractivity contribution is -0.115. The lowest BCUT2D eigenvalue weighted by Crippen LogP contribution is -2.40. The molecule has 1 aliphatic heterocycles. The third-order valence-electron chi connectivity index (χ3n) is 5.10. The Kier molecular flexibility index (Phi) is 8.23. The highest BCUT2D eigenvalue weighted by atomic mass is 32.2. The number of hydrogen-bond acceptors (Lipinski definition) is 10. The number of morpholine rings is 1. The first-order valence-corrected chi connectivity index (χ1v) is 13.9. The monoisotopic (exact) mass is 535 g/mol. The Bertz CT molecular complexity index is 1260. The average Bonchev–Trinajstić information content (AvgIpc) is 3.31. The van der Waals surface area contributed by atoms with Gasteiger partial charge in [0.05, 0.1) is 30.5 Å². The maximum Gasteiger partial charge on any atom is 0.243 e. The van der Waals surface area contributed by atoms with Gasteiger partial charge in [0.15, 0.2) is 4.34 Å². The van der Waals surface area contributed by atoms with Gasteiger partial charge in [-0.05, 0) is 49.4 Å². The summed E-state index contributed by atoms with van der Waals surface area (Å²) in [5.74, 6) is 0.490. The number of rotatable bonds is 9. The summed E-state index contributed by atoms with van der Waals surface area (Å²) in [5.41, 5.74) is 1.26. The summed E-state index contributed by atoms with van der Waals surface area (Å²) in [4.78, 5) is 12.9. The summed E-state index contributed by atoms with van der Waals surface area (Å²) in [6, 6.07) is 13.7. The molecule has 2 heterocycles. The molecule has 0 radical (unpaired) electrons. The minimum atomic E-state index is -3.65. The molecule has 3 aromatic rings. The molecule has 35 heavy (non-hydrogen) atoms. The average molecular weight is 536 g/mol. The number of hydrogen-bond donors (Lipinski definition) is 2. The normalized spacial score (nSPS) is 15.4. The van der Waals surface area contributed by atoms with Gasteiger partial charge in [0, 0.05) is 24.5 Å². The van der Waals surface area contributed by atoms with Crippen LogP contribution in [0.1, 0.15) is 6.92 Å². The smallest absolute Gasteiger partial charge is 0.243 e. The highest BCUT2D eigenvalue weighted by Crippen LogP contribution is 2.31. The summed E-state index contributed by atoms with van der Waals surface area (Å²) in [6.45, 7) is 3.11. The van der Waals surface area contributed by atoms with Crippen molar-refractivity contribution in [3.8, 4) is 5.75 Å². The van der Waals surface area contributed by atoms with E-state index < -0.39 is 15.3 Å². The quantitative estimate of drug-likeness (QED) is 0.397. The molecule has 0 bridgehead atoms. The van der Waals surface area contributed by atoms with Crippen molar-refractivity contribution < 1.29 is 22.7 Å². The molecule has 0 spiro atoms. The van der Waals surface area contributed by atoms with Gasteiger partial charge in [-0.15, -0.1) is 10.2 Å². The summed E-state index contributed by atoms with van der Waals surface area (Å²) in [7, 11) is -2.04. The van der Waals surface area contributed by atoms with Crippen LogP contribution in [0.15, 0.2) is 57.8 Å². The molecule has 1 aliphatic rings. The number of carbonyl (C=O) groups is 1. The number of amides is 1. The molecule has 1 fully saturated rings. The van der Waals surface area contributed by atoms with Crippen LogP contribution < -0.4 is 15.4 Å². The molecule has 1 unspecified atom stereocenters. The van der Waals surface area contributed by atoms with Gasteiger partial charge in [-0.2, -0.15) is 4.31 Å². The highest BCUT2D eigenvalue weighted by Gasteiger charge is 2.27. The third-order valence-corrected chi connectivity index (χ3v) is 9.02. The molecule has 13 heteroatoms. The van der Waals surface area contributed by atoms with Gasteiger partial charge in [0.1, 0.15) is 5.75 Å². The first-order valence-electron chi connectivity index (χ1n) is 10.8. The molecule has 1 aromatic heterocycles. The van der Waals surface area contributed by atoms with Crippen molar-refractivity contribution in [2.24, 2.45) is 0 Å². The first kappa shape index (κ1) is 25.4. The van der Waals surface area contributed by atoms with Gasteiger partial charge in [-0.1, -0.05) is 29.2 Å². The number of carbonyl (C=O) groups excluding carboxylic acids is 1. The minimum absolute atomic E-state index is 0.135. The lowest BCUT2D eigenvalue weighted by atomic mass is 10.3. The molecule has 1 atom stereocenters. The number of sulfonamides is 1. The number of aromatic nitrogens is 2. The number of anilines is 3. The fourth-order valence-corrected chi connectivity index (χ4v) is 6.60. The fourth-order valence-electron chi connectivity index (χ4n) is 3.22. The number of methoxy groups -OCH3 is 1. The SMILES string of the molecule is COc1ccc(Nc2nnc(SC(C)C(=O)Nc3cccc(S(=O)(=O)N4CCOCC4)c3)s2)cc1. The molecule has 10 nitrogen and oxygen atoms in total. The number of thioether (sulfide) groups is 1. The number of ether oxygens (including phenoxy) is 2. The summed E-state index contributed by atoms with van der Waals surface area (Å²) in [5, 5.41) is 14.4. The minimum Gasteiger partial charge on any atom is -0.497 e. The van der Waals surface area contributed by atoms with Crippen LogP contribution in [0, 0.1) is 0 Å². The van der Waals surface area contributed by atoms with Crippen molar-refractivity contribution in [1.29, 1.82) is 0 Å². The van der Waals surface area contributed by atoms with E-state index in [0.29, 0.717) is 41.5 Å². The van der Waals surface area contributed by atoms with Crippen LogP contribution in [0.25, 0.3) is 0 Å². The van der Waals surface area contributed by atoms with E-state index in [1.54, 1.807) is 26.2 Å². The van der Waals surface area contributed by atoms with Crippen molar-refractivity contribution in [3.63, 3.8) is 0 Å². The second-order valence-electron chi connectivity index (χ2n) is 7.52. The molecule has 2 N–H and O–H groups in total. The summed E-state index contributed by atoms with van der Waals surface area (Å²) < 4.78 is 38.2. The molecule has 0 aliphatic carbocycles. The predicted molar refractivity (Wildman–Crippen MR) is 136 cm³/mol. The van der Waals surface area contributed by atoms with E-state index in [1.165, 1.54) is 39.5 Å². The molecular weight excluding hydrogens is 510 g/mol. The Hall–Kier alpha value is -2.71. The molecule has 2 aromatic carbocycles. The lowest BCUT2D eigenvalue weighted by Gasteiger charge is -2.26. The Labute approximate surface area is 212 Å². The van der Waals surface area contributed by atoms with Crippen LogP contribution in [0.5, 0.6) is 5.75 Å². The molecule has 4 rings (SSSR count). The predicted octanol–water partition coefficient (Wildman–Crippen LogP) is 3.43.